The minimum atomic E-state index is -0.0726. The lowest BCUT2D eigenvalue weighted by Crippen LogP contribution is -2.30. The first-order valence-electron chi connectivity index (χ1n) is 7.57. The zero-order valence-electron chi connectivity index (χ0n) is 13.1. The molecule has 0 spiro atoms. The lowest BCUT2D eigenvalue weighted by molar-refractivity contribution is 0.240. The monoisotopic (exact) mass is 284 g/mol. The molecule has 0 unspecified atom stereocenters. The molecule has 1 aliphatic rings. The number of nitrogens with two attached hydrogens (primary N) is 1. The summed E-state index contributed by atoms with van der Waals surface area (Å²) in [6.07, 6.45) is 1.12. The Morgan fingerprint density at radius 3 is 2.57 bits per heavy atom. The zero-order chi connectivity index (χ0) is 15.0. The van der Waals surface area contributed by atoms with Crippen LogP contribution in [0.2, 0.25) is 0 Å². The Hall–Kier alpha value is -1.81. The van der Waals surface area contributed by atoms with Gasteiger partial charge in [0, 0.05) is 25.7 Å². The van der Waals surface area contributed by atoms with Crippen LogP contribution >= 0.6 is 0 Å². The molecule has 21 heavy (non-hydrogen) atoms. The third-order valence-electron chi connectivity index (χ3n) is 4.02. The van der Waals surface area contributed by atoms with Crippen LogP contribution in [-0.2, 0) is 25.0 Å². The highest BCUT2D eigenvalue weighted by atomic mass is 15.4. The van der Waals surface area contributed by atoms with Crippen LogP contribution in [0, 0.1) is 0 Å². The second kappa shape index (κ2) is 5.19. The van der Waals surface area contributed by atoms with Crippen LogP contribution in [0.25, 0.3) is 0 Å². The number of nitrogens with zero attached hydrogens (tertiary/aromatic N) is 3. The van der Waals surface area contributed by atoms with Gasteiger partial charge in [0.25, 0.3) is 0 Å². The summed E-state index contributed by atoms with van der Waals surface area (Å²) in [5, 5.41) is 4.68. The van der Waals surface area contributed by atoms with Gasteiger partial charge >= 0.3 is 0 Å². The van der Waals surface area contributed by atoms with Crippen LogP contribution < -0.4 is 5.73 Å². The minimum Gasteiger partial charge on any atom is -0.384 e. The molecule has 0 atom stereocenters. The smallest absolute Gasteiger partial charge is 0.122 e. The molecule has 0 radical (unpaired) electrons. The quantitative estimate of drug-likeness (QED) is 0.922. The van der Waals surface area contributed by atoms with Crippen LogP contribution in [0.4, 0.5) is 5.82 Å². The van der Waals surface area contributed by atoms with Gasteiger partial charge in [-0.15, -0.1) is 0 Å². The van der Waals surface area contributed by atoms with Gasteiger partial charge in [0.15, 0.2) is 0 Å². The zero-order valence-corrected chi connectivity index (χ0v) is 13.1. The number of aromatic nitrogens is 2. The SMILES string of the molecule is CC(C)(C)n1nc(CN2CCc3ccccc3C2)cc1N. The second-order valence-corrected chi connectivity index (χ2v) is 6.87. The molecule has 0 saturated heterocycles. The maximum absolute atomic E-state index is 6.09. The fourth-order valence-corrected chi connectivity index (χ4v) is 2.98. The summed E-state index contributed by atoms with van der Waals surface area (Å²) in [7, 11) is 0. The summed E-state index contributed by atoms with van der Waals surface area (Å²) in [5.74, 6) is 0.745. The Labute approximate surface area is 126 Å². The molecule has 1 aliphatic heterocycles. The normalized spacial score (nSPS) is 16.0. The van der Waals surface area contributed by atoms with Crippen LogP contribution in [0.3, 0.4) is 0 Å². The van der Waals surface area contributed by atoms with E-state index in [1.54, 1.807) is 0 Å². The Kier molecular flexibility index (Phi) is 3.49. The van der Waals surface area contributed by atoms with E-state index in [9.17, 15) is 0 Å². The Morgan fingerprint density at radius 1 is 1.19 bits per heavy atom. The fraction of sp³-hybridized carbons (Fsp3) is 0.471. The third kappa shape index (κ3) is 2.95. The van der Waals surface area contributed by atoms with Crippen molar-refractivity contribution in [3.05, 3.63) is 47.2 Å². The topological polar surface area (TPSA) is 47.1 Å². The number of hydrogen-bond donors (Lipinski definition) is 1. The van der Waals surface area contributed by atoms with Gasteiger partial charge in [-0.3, -0.25) is 4.90 Å². The van der Waals surface area contributed by atoms with E-state index in [4.69, 9.17) is 5.73 Å². The highest BCUT2D eigenvalue weighted by molar-refractivity contribution is 5.33. The standard InChI is InChI=1S/C17H24N4/c1-17(2,3)21-16(18)10-15(19-21)12-20-9-8-13-6-4-5-7-14(13)11-20/h4-7,10H,8-9,11-12,18H2,1-3H3. The number of hydrogen-bond acceptors (Lipinski definition) is 3. The summed E-state index contributed by atoms with van der Waals surface area (Å²) >= 11 is 0. The average Bonchev–Trinajstić information content (AvgIpc) is 2.79. The van der Waals surface area contributed by atoms with Gasteiger partial charge in [-0.2, -0.15) is 5.10 Å². The molecule has 4 heteroatoms. The Morgan fingerprint density at radius 2 is 1.90 bits per heavy atom. The number of benzene rings is 1. The van der Waals surface area contributed by atoms with Crippen LogP contribution in [0.15, 0.2) is 30.3 Å². The third-order valence-corrected chi connectivity index (χ3v) is 4.02. The van der Waals surface area contributed by atoms with Crippen LogP contribution in [0.1, 0.15) is 37.6 Å². The summed E-state index contributed by atoms with van der Waals surface area (Å²) in [6.45, 7) is 9.31. The molecule has 3 rings (SSSR count). The van der Waals surface area contributed by atoms with Crippen molar-refractivity contribution < 1.29 is 0 Å². The van der Waals surface area contributed by atoms with Gasteiger partial charge in [-0.1, -0.05) is 24.3 Å². The van der Waals surface area contributed by atoms with E-state index < -0.39 is 0 Å². The molecule has 2 aromatic rings. The van der Waals surface area contributed by atoms with Gasteiger partial charge in [0.1, 0.15) is 5.82 Å². The van der Waals surface area contributed by atoms with E-state index in [0.29, 0.717) is 0 Å². The molecule has 2 heterocycles. The van der Waals surface area contributed by atoms with E-state index in [-0.39, 0.29) is 5.54 Å². The second-order valence-electron chi connectivity index (χ2n) is 6.87. The number of rotatable bonds is 2. The number of fused-ring (bicyclic) bond motifs is 1. The minimum absolute atomic E-state index is 0.0726. The van der Waals surface area contributed by atoms with Crippen molar-refractivity contribution in [1.82, 2.24) is 14.7 Å². The predicted molar refractivity (Wildman–Crippen MR) is 85.9 cm³/mol. The fourth-order valence-electron chi connectivity index (χ4n) is 2.98. The van der Waals surface area contributed by atoms with E-state index in [2.05, 4.69) is 55.0 Å². The molecule has 0 amide bonds. The van der Waals surface area contributed by atoms with E-state index >= 15 is 0 Å². The number of nitrogen functional groups attached to an aromatic ring is 1. The summed E-state index contributed by atoms with van der Waals surface area (Å²) in [4.78, 5) is 2.44. The van der Waals surface area contributed by atoms with Crippen LogP contribution in [0.5, 0.6) is 0 Å². The summed E-state index contributed by atoms with van der Waals surface area (Å²) < 4.78 is 1.92. The van der Waals surface area contributed by atoms with E-state index in [0.717, 1.165) is 37.6 Å². The largest absolute Gasteiger partial charge is 0.384 e. The lowest BCUT2D eigenvalue weighted by Gasteiger charge is -2.28. The van der Waals surface area contributed by atoms with E-state index in [1.165, 1.54) is 11.1 Å². The molecule has 0 bridgehead atoms. The predicted octanol–water partition coefficient (Wildman–Crippen LogP) is 2.78. The maximum Gasteiger partial charge on any atom is 0.122 e. The highest BCUT2D eigenvalue weighted by Crippen LogP contribution is 2.22. The lowest BCUT2D eigenvalue weighted by atomic mass is 10.00. The van der Waals surface area contributed by atoms with Gasteiger partial charge in [-0.05, 0) is 38.3 Å². The molecular formula is C17H24N4. The number of anilines is 1. The molecule has 0 saturated carbocycles. The Balaban J connectivity index is 1.74. The molecule has 2 N–H and O–H groups in total. The van der Waals surface area contributed by atoms with Gasteiger partial charge < -0.3 is 5.73 Å². The molecule has 112 valence electrons. The van der Waals surface area contributed by atoms with Gasteiger partial charge in [0.2, 0.25) is 0 Å². The maximum atomic E-state index is 6.09. The van der Waals surface area contributed by atoms with Crippen molar-refractivity contribution in [3.63, 3.8) is 0 Å². The highest BCUT2D eigenvalue weighted by Gasteiger charge is 2.20. The molecule has 1 aromatic carbocycles. The van der Waals surface area contributed by atoms with Gasteiger partial charge in [-0.25, -0.2) is 4.68 Å². The molecule has 1 aromatic heterocycles. The van der Waals surface area contributed by atoms with Crippen molar-refractivity contribution in [2.45, 2.75) is 45.8 Å². The molecular weight excluding hydrogens is 260 g/mol. The van der Waals surface area contributed by atoms with Crippen LogP contribution in [-0.4, -0.2) is 21.2 Å². The van der Waals surface area contributed by atoms with E-state index in [1.807, 2.05) is 10.7 Å². The summed E-state index contributed by atoms with van der Waals surface area (Å²) in [5.41, 5.74) is 9.99. The average molecular weight is 284 g/mol. The van der Waals surface area contributed by atoms with Gasteiger partial charge in [0.05, 0.1) is 11.2 Å². The molecule has 4 nitrogen and oxygen atoms in total. The van der Waals surface area contributed by atoms with Crippen molar-refractivity contribution in [1.29, 1.82) is 0 Å². The van der Waals surface area contributed by atoms with Crippen molar-refractivity contribution >= 4 is 5.82 Å². The first-order valence-corrected chi connectivity index (χ1v) is 7.57. The van der Waals surface area contributed by atoms with Crippen molar-refractivity contribution in [3.8, 4) is 0 Å². The first kappa shape index (κ1) is 14.1. The van der Waals surface area contributed by atoms with Crippen molar-refractivity contribution in [2.24, 2.45) is 0 Å². The summed E-state index contributed by atoms with van der Waals surface area (Å²) in [6, 6.07) is 10.7. The van der Waals surface area contributed by atoms with Crippen molar-refractivity contribution in [2.75, 3.05) is 12.3 Å². The molecule has 0 aliphatic carbocycles. The molecule has 0 fully saturated rings. The first-order chi connectivity index (χ1) is 9.93. The Bertz CT molecular complexity index is 636.